The Morgan fingerprint density at radius 3 is 2.00 bits per heavy atom. The monoisotopic (exact) mass is 715 g/mol. The van der Waals surface area contributed by atoms with Gasteiger partial charge in [0.2, 0.25) is 0 Å². The van der Waals surface area contributed by atoms with Crippen molar-refractivity contribution in [3.63, 3.8) is 0 Å². The van der Waals surface area contributed by atoms with Gasteiger partial charge < -0.3 is 9.97 Å². The van der Waals surface area contributed by atoms with Gasteiger partial charge in [0.1, 0.15) is 0 Å². The number of aryl methyl sites for hydroxylation is 4. The van der Waals surface area contributed by atoms with Gasteiger partial charge in [0.05, 0.1) is 0 Å². The Labute approximate surface area is 259 Å². The van der Waals surface area contributed by atoms with Crippen molar-refractivity contribution in [2.24, 2.45) is 0 Å². The Morgan fingerprint density at radius 1 is 0.610 bits per heavy atom. The second kappa shape index (κ2) is 11.8. The minimum Gasteiger partial charge on any atom is -0.304 e. The van der Waals surface area contributed by atoms with E-state index in [4.69, 9.17) is 0 Å². The summed E-state index contributed by atoms with van der Waals surface area (Å²) >= 11 is 0. The molecule has 1 aliphatic carbocycles. The summed E-state index contributed by atoms with van der Waals surface area (Å²) in [4.78, 5) is 8.99. The molecule has 0 saturated carbocycles. The summed E-state index contributed by atoms with van der Waals surface area (Å²) in [6, 6.07) is 32.4. The third kappa shape index (κ3) is 5.71. The van der Waals surface area contributed by atoms with Gasteiger partial charge in [-0.15, -0.1) is 64.7 Å². The molecule has 6 rings (SSSR count). The molecular weight excluding hydrogens is 677 g/mol. The molecule has 1 aliphatic rings. The van der Waals surface area contributed by atoms with Crippen LogP contribution in [0.5, 0.6) is 0 Å². The van der Waals surface area contributed by atoms with Crippen LogP contribution in [0.4, 0.5) is 0 Å². The average Bonchev–Trinajstić information content (AvgIpc) is 2.94. The van der Waals surface area contributed by atoms with Crippen molar-refractivity contribution < 1.29 is 20.1 Å². The third-order valence-corrected chi connectivity index (χ3v) is 8.96. The van der Waals surface area contributed by atoms with Crippen molar-refractivity contribution in [1.29, 1.82) is 0 Å². The van der Waals surface area contributed by atoms with Crippen molar-refractivity contribution in [2.45, 2.75) is 66.2 Å². The standard InChI is InChI=1S/C24H24N.C14H14N.Ir/c1-16-9-8-14-25-22(16)17-12-13-21-19(15-17)18-10-6-7-11-20(18)23(2,3)24(21,4)5;1-10-4-6-13(7-5-10)14-8-11(2)12(3)9-15-14;/h6-11,13-15H,1-5H3;4-6,8-9H,1-3H3;/q2*-1;. The van der Waals surface area contributed by atoms with Crippen LogP contribution in [-0.4, -0.2) is 9.97 Å². The van der Waals surface area contributed by atoms with E-state index in [1.54, 1.807) is 0 Å². The molecular formula is C38H38IrN2-2. The largest absolute Gasteiger partial charge is 0.304 e. The van der Waals surface area contributed by atoms with E-state index >= 15 is 0 Å². The molecule has 3 aromatic carbocycles. The van der Waals surface area contributed by atoms with E-state index in [9.17, 15) is 0 Å². The Kier molecular flexibility index (Phi) is 8.83. The van der Waals surface area contributed by atoms with Crippen LogP contribution < -0.4 is 0 Å². The van der Waals surface area contributed by atoms with Crippen molar-refractivity contribution in [3.8, 4) is 33.6 Å². The first-order valence-corrected chi connectivity index (χ1v) is 14.0. The van der Waals surface area contributed by atoms with Crippen LogP contribution >= 0.6 is 0 Å². The molecule has 211 valence electrons. The van der Waals surface area contributed by atoms with E-state index in [1.165, 1.54) is 44.5 Å². The molecule has 1 radical (unpaired) electrons. The third-order valence-electron chi connectivity index (χ3n) is 8.96. The number of fused-ring (bicyclic) bond motifs is 3. The second-order valence-electron chi connectivity index (χ2n) is 12.1. The Bertz CT molecular complexity index is 1680. The van der Waals surface area contributed by atoms with E-state index in [0.29, 0.717) is 0 Å². The van der Waals surface area contributed by atoms with Gasteiger partial charge >= 0.3 is 0 Å². The summed E-state index contributed by atoms with van der Waals surface area (Å²) in [5.74, 6) is 0. The normalized spacial score (nSPS) is 14.0. The summed E-state index contributed by atoms with van der Waals surface area (Å²) in [6.45, 7) is 17.8. The number of aromatic nitrogens is 2. The number of hydrogen-bond acceptors (Lipinski definition) is 2. The minimum atomic E-state index is 0. The van der Waals surface area contributed by atoms with Gasteiger partial charge in [0.15, 0.2) is 0 Å². The van der Waals surface area contributed by atoms with E-state index in [1.807, 2.05) is 24.5 Å². The molecule has 0 amide bonds. The molecule has 0 saturated heterocycles. The molecule has 0 spiro atoms. The summed E-state index contributed by atoms with van der Waals surface area (Å²) in [5.41, 5.74) is 14.6. The summed E-state index contributed by atoms with van der Waals surface area (Å²) in [5, 5.41) is 0. The van der Waals surface area contributed by atoms with Crippen LogP contribution in [0.1, 0.15) is 61.1 Å². The molecule has 2 nitrogen and oxygen atoms in total. The molecule has 2 aromatic heterocycles. The van der Waals surface area contributed by atoms with Gasteiger partial charge in [-0.05, 0) is 65.7 Å². The van der Waals surface area contributed by atoms with Crippen LogP contribution in [-0.2, 0) is 30.9 Å². The fourth-order valence-corrected chi connectivity index (χ4v) is 5.51. The molecule has 0 N–H and O–H groups in total. The van der Waals surface area contributed by atoms with Gasteiger partial charge in [-0.3, -0.25) is 0 Å². The fraction of sp³-hybridized carbons (Fsp3) is 0.263. The average molecular weight is 715 g/mol. The SMILES string of the molecule is Cc1c[c-]c(-c2cc(C)c(C)cn2)cc1.Cc1cccnc1-c1[c-]cc2c(c1)-c1ccccc1C(C)(C)C2(C)C.[Ir]. The Balaban J connectivity index is 0.000000208. The summed E-state index contributed by atoms with van der Waals surface area (Å²) < 4.78 is 0. The number of rotatable bonds is 2. The molecule has 0 aliphatic heterocycles. The quantitative estimate of drug-likeness (QED) is 0.170. The maximum atomic E-state index is 4.59. The first kappa shape index (κ1) is 30.6. The minimum absolute atomic E-state index is 0. The van der Waals surface area contributed by atoms with Crippen LogP contribution in [0, 0.1) is 39.8 Å². The topological polar surface area (TPSA) is 25.8 Å². The molecule has 0 atom stereocenters. The zero-order valence-corrected chi connectivity index (χ0v) is 27.7. The van der Waals surface area contributed by atoms with Crippen molar-refractivity contribution >= 4 is 0 Å². The number of hydrogen-bond donors (Lipinski definition) is 0. The first-order chi connectivity index (χ1) is 19.0. The van der Waals surface area contributed by atoms with E-state index in [0.717, 1.165) is 22.5 Å². The Hall–Kier alpha value is -3.39. The first-order valence-electron chi connectivity index (χ1n) is 14.0. The molecule has 2 heterocycles. The number of benzene rings is 3. The molecule has 0 fully saturated rings. The van der Waals surface area contributed by atoms with Gasteiger partial charge in [0.25, 0.3) is 0 Å². The van der Waals surface area contributed by atoms with Crippen LogP contribution in [0.2, 0.25) is 0 Å². The van der Waals surface area contributed by atoms with E-state index in [-0.39, 0.29) is 30.9 Å². The molecule has 0 unspecified atom stereocenters. The van der Waals surface area contributed by atoms with Crippen molar-refractivity contribution in [3.05, 3.63) is 131 Å². The predicted molar refractivity (Wildman–Crippen MR) is 167 cm³/mol. The smallest absolute Gasteiger partial charge is 0.0192 e. The maximum absolute atomic E-state index is 4.59. The zero-order chi connectivity index (χ0) is 28.7. The van der Waals surface area contributed by atoms with Gasteiger partial charge in [0, 0.05) is 32.5 Å². The Morgan fingerprint density at radius 2 is 1.32 bits per heavy atom. The molecule has 0 bridgehead atoms. The molecule has 41 heavy (non-hydrogen) atoms. The molecule has 5 aromatic rings. The van der Waals surface area contributed by atoms with Crippen molar-refractivity contribution in [1.82, 2.24) is 9.97 Å². The van der Waals surface area contributed by atoms with Crippen LogP contribution in [0.3, 0.4) is 0 Å². The van der Waals surface area contributed by atoms with Gasteiger partial charge in [-0.2, -0.15) is 0 Å². The summed E-state index contributed by atoms with van der Waals surface area (Å²) in [7, 11) is 0. The zero-order valence-electron chi connectivity index (χ0n) is 25.3. The predicted octanol–water partition coefficient (Wildman–Crippen LogP) is 9.56. The van der Waals surface area contributed by atoms with Gasteiger partial charge in [-0.25, -0.2) is 0 Å². The summed E-state index contributed by atoms with van der Waals surface area (Å²) in [6.07, 6.45) is 3.77. The van der Waals surface area contributed by atoms with E-state index < -0.39 is 0 Å². The fourth-order valence-electron chi connectivity index (χ4n) is 5.51. The molecule has 3 heteroatoms. The maximum Gasteiger partial charge on any atom is 0.0192 e. The second-order valence-corrected chi connectivity index (χ2v) is 12.1. The van der Waals surface area contributed by atoms with Crippen LogP contribution in [0.15, 0.2) is 85.2 Å². The van der Waals surface area contributed by atoms with Gasteiger partial charge in [-0.1, -0.05) is 87.7 Å². The van der Waals surface area contributed by atoms with E-state index in [2.05, 4.69) is 138 Å². The number of nitrogens with zero attached hydrogens (tertiary/aromatic N) is 2. The van der Waals surface area contributed by atoms with Crippen LogP contribution in [0.25, 0.3) is 33.6 Å². The van der Waals surface area contributed by atoms with Crippen molar-refractivity contribution in [2.75, 3.05) is 0 Å². The number of pyridine rings is 2.